The highest BCUT2D eigenvalue weighted by atomic mass is 19.1. The third kappa shape index (κ3) is 4.38. The van der Waals surface area contributed by atoms with Gasteiger partial charge in [-0.1, -0.05) is 37.6 Å². The summed E-state index contributed by atoms with van der Waals surface area (Å²) in [5.41, 5.74) is 0.645. The molecule has 2 aromatic carbocycles. The van der Waals surface area contributed by atoms with Crippen molar-refractivity contribution in [2.24, 2.45) is 5.92 Å². The first-order chi connectivity index (χ1) is 13.5. The summed E-state index contributed by atoms with van der Waals surface area (Å²) in [6, 6.07) is 11.9. The molecule has 1 saturated heterocycles. The molecule has 1 fully saturated rings. The Balaban J connectivity index is 1.84. The molecule has 0 aliphatic carbocycles. The van der Waals surface area contributed by atoms with E-state index in [9.17, 15) is 18.4 Å². The Bertz CT molecular complexity index is 856. The summed E-state index contributed by atoms with van der Waals surface area (Å²) in [5, 5.41) is 2.91. The number of rotatable bonds is 6. The molecule has 1 aliphatic rings. The lowest BCUT2D eigenvalue weighted by Gasteiger charge is -2.18. The molecule has 0 aromatic heterocycles. The minimum atomic E-state index is -0.592. The van der Waals surface area contributed by atoms with Crippen molar-refractivity contribution in [1.29, 1.82) is 0 Å². The van der Waals surface area contributed by atoms with E-state index in [1.165, 1.54) is 35.2 Å². The summed E-state index contributed by atoms with van der Waals surface area (Å²) in [4.78, 5) is 27.0. The normalized spacial score (nSPS) is 18.9. The van der Waals surface area contributed by atoms with E-state index in [0.717, 1.165) is 12.8 Å². The van der Waals surface area contributed by atoms with Gasteiger partial charge in [-0.25, -0.2) is 8.78 Å². The number of nitrogens with zero attached hydrogens (tertiary/aromatic N) is 1. The van der Waals surface area contributed by atoms with Gasteiger partial charge in [0.05, 0.1) is 11.5 Å². The van der Waals surface area contributed by atoms with Gasteiger partial charge in [0, 0.05) is 25.6 Å². The topological polar surface area (TPSA) is 49.4 Å². The minimum Gasteiger partial charge on any atom is -0.356 e. The van der Waals surface area contributed by atoms with E-state index in [-0.39, 0.29) is 36.3 Å². The van der Waals surface area contributed by atoms with Crippen molar-refractivity contribution in [2.75, 3.05) is 19.6 Å². The van der Waals surface area contributed by atoms with Crippen molar-refractivity contribution in [3.63, 3.8) is 0 Å². The molecule has 1 heterocycles. The van der Waals surface area contributed by atoms with Crippen LogP contribution in [0, 0.1) is 17.6 Å². The molecule has 2 amide bonds. The van der Waals surface area contributed by atoms with Gasteiger partial charge < -0.3 is 10.2 Å². The Morgan fingerprint density at radius 1 is 1.11 bits per heavy atom. The SMILES string of the molecule is CCCCNC(=O)[C@@H]1CN(C(=O)c2ccccc2F)C[C@@H]1c1cccc(F)c1. The molecular formula is C22H24F2N2O2. The fourth-order valence-corrected chi connectivity index (χ4v) is 3.63. The Morgan fingerprint density at radius 2 is 1.89 bits per heavy atom. The Labute approximate surface area is 163 Å². The monoisotopic (exact) mass is 386 g/mol. The maximum atomic E-state index is 14.1. The van der Waals surface area contributed by atoms with Crippen molar-refractivity contribution in [3.8, 4) is 0 Å². The number of hydrogen-bond acceptors (Lipinski definition) is 2. The minimum absolute atomic E-state index is 0.0208. The van der Waals surface area contributed by atoms with E-state index >= 15 is 0 Å². The van der Waals surface area contributed by atoms with E-state index in [4.69, 9.17) is 0 Å². The largest absolute Gasteiger partial charge is 0.356 e. The molecule has 4 nitrogen and oxygen atoms in total. The Kier molecular flexibility index (Phi) is 6.39. The highest BCUT2D eigenvalue weighted by Crippen LogP contribution is 2.34. The van der Waals surface area contributed by atoms with Crippen LogP contribution < -0.4 is 5.32 Å². The molecule has 0 bridgehead atoms. The summed E-state index contributed by atoms with van der Waals surface area (Å²) < 4.78 is 27.8. The van der Waals surface area contributed by atoms with Crippen LogP contribution >= 0.6 is 0 Å². The van der Waals surface area contributed by atoms with E-state index in [1.54, 1.807) is 18.2 Å². The number of carbonyl (C=O) groups excluding carboxylic acids is 2. The van der Waals surface area contributed by atoms with Crippen LogP contribution in [0.15, 0.2) is 48.5 Å². The van der Waals surface area contributed by atoms with Gasteiger partial charge in [0.2, 0.25) is 5.91 Å². The number of amides is 2. The predicted octanol–water partition coefficient (Wildman–Crippen LogP) is 3.74. The number of halogens is 2. The van der Waals surface area contributed by atoms with Crippen molar-refractivity contribution < 1.29 is 18.4 Å². The number of likely N-dealkylation sites (tertiary alicyclic amines) is 1. The number of carbonyl (C=O) groups is 2. The van der Waals surface area contributed by atoms with Gasteiger partial charge >= 0.3 is 0 Å². The number of nitrogens with one attached hydrogen (secondary N) is 1. The van der Waals surface area contributed by atoms with Crippen molar-refractivity contribution in [3.05, 3.63) is 71.3 Å². The molecule has 2 atom stereocenters. The second-order valence-corrected chi connectivity index (χ2v) is 7.10. The highest BCUT2D eigenvalue weighted by molar-refractivity contribution is 5.95. The zero-order chi connectivity index (χ0) is 20.1. The van der Waals surface area contributed by atoms with Crippen molar-refractivity contribution in [1.82, 2.24) is 10.2 Å². The fourth-order valence-electron chi connectivity index (χ4n) is 3.63. The standard InChI is InChI=1S/C22H24F2N2O2/c1-2-3-11-25-21(27)19-14-26(22(28)17-9-4-5-10-20(17)24)13-18(19)15-7-6-8-16(23)12-15/h4-10,12,18-19H,2-3,11,13-14H2,1H3,(H,25,27)/t18-,19-/m1/s1. The third-order valence-corrected chi connectivity index (χ3v) is 5.15. The van der Waals surface area contributed by atoms with E-state index in [1.807, 2.05) is 6.92 Å². The Morgan fingerprint density at radius 3 is 2.61 bits per heavy atom. The van der Waals surface area contributed by atoms with Gasteiger partial charge in [-0.3, -0.25) is 9.59 Å². The summed E-state index contributed by atoms with van der Waals surface area (Å²) in [6.45, 7) is 3.00. The zero-order valence-electron chi connectivity index (χ0n) is 15.8. The summed E-state index contributed by atoms with van der Waals surface area (Å²) >= 11 is 0. The average molecular weight is 386 g/mol. The maximum Gasteiger partial charge on any atom is 0.256 e. The lowest BCUT2D eigenvalue weighted by molar-refractivity contribution is -0.124. The molecule has 28 heavy (non-hydrogen) atoms. The molecule has 1 N–H and O–H groups in total. The van der Waals surface area contributed by atoms with Gasteiger partial charge in [0.1, 0.15) is 11.6 Å². The van der Waals surface area contributed by atoms with Crippen LogP contribution in [-0.2, 0) is 4.79 Å². The molecule has 2 aromatic rings. The van der Waals surface area contributed by atoms with Crippen LogP contribution in [0.5, 0.6) is 0 Å². The number of benzene rings is 2. The Hall–Kier alpha value is -2.76. The quantitative estimate of drug-likeness (QED) is 0.769. The zero-order valence-corrected chi connectivity index (χ0v) is 15.8. The number of unbranched alkanes of at least 4 members (excludes halogenated alkanes) is 1. The third-order valence-electron chi connectivity index (χ3n) is 5.15. The maximum absolute atomic E-state index is 14.1. The predicted molar refractivity (Wildman–Crippen MR) is 103 cm³/mol. The van der Waals surface area contributed by atoms with Crippen LogP contribution in [-0.4, -0.2) is 36.3 Å². The molecular weight excluding hydrogens is 362 g/mol. The number of hydrogen-bond donors (Lipinski definition) is 1. The van der Waals surface area contributed by atoms with Crippen LogP contribution in [0.1, 0.15) is 41.6 Å². The van der Waals surface area contributed by atoms with E-state index in [2.05, 4.69) is 5.32 Å². The smallest absolute Gasteiger partial charge is 0.256 e. The van der Waals surface area contributed by atoms with E-state index in [0.29, 0.717) is 12.1 Å². The first-order valence-electron chi connectivity index (χ1n) is 9.58. The molecule has 148 valence electrons. The summed E-state index contributed by atoms with van der Waals surface area (Å²) in [6.07, 6.45) is 1.82. The van der Waals surface area contributed by atoms with Gasteiger partial charge in [-0.05, 0) is 36.2 Å². The molecule has 1 aliphatic heterocycles. The fraction of sp³-hybridized carbons (Fsp3) is 0.364. The summed E-state index contributed by atoms with van der Waals surface area (Å²) in [7, 11) is 0. The average Bonchev–Trinajstić information content (AvgIpc) is 3.13. The van der Waals surface area contributed by atoms with Gasteiger partial charge in [-0.15, -0.1) is 0 Å². The van der Waals surface area contributed by atoms with E-state index < -0.39 is 17.6 Å². The second-order valence-electron chi connectivity index (χ2n) is 7.10. The molecule has 0 unspecified atom stereocenters. The van der Waals surface area contributed by atoms with Gasteiger partial charge in [0.15, 0.2) is 0 Å². The van der Waals surface area contributed by atoms with Crippen LogP contribution in [0.4, 0.5) is 8.78 Å². The molecule has 0 spiro atoms. The van der Waals surface area contributed by atoms with Gasteiger partial charge in [-0.2, -0.15) is 0 Å². The highest BCUT2D eigenvalue weighted by Gasteiger charge is 2.41. The van der Waals surface area contributed by atoms with Crippen molar-refractivity contribution >= 4 is 11.8 Å². The van der Waals surface area contributed by atoms with Crippen molar-refractivity contribution in [2.45, 2.75) is 25.7 Å². The summed E-state index contributed by atoms with van der Waals surface area (Å²) in [5.74, 6) is -2.44. The van der Waals surface area contributed by atoms with Crippen LogP contribution in [0.3, 0.4) is 0 Å². The lowest BCUT2D eigenvalue weighted by Crippen LogP contribution is -2.36. The molecule has 0 saturated carbocycles. The lowest BCUT2D eigenvalue weighted by atomic mass is 9.88. The van der Waals surface area contributed by atoms with Crippen LogP contribution in [0.2, 0.25) is 0 Å². The molecule has 6 heteroatoms. The first-order valence-corrected chi connectivity index (χ1v) is 9.58. The first kappa shape index (κ1) is 20.0. The molecule has 0 radical (unpaired) electrons. The van der Waals surface area contributed by atoms with Crippen LogP contribution in [0.25, 0.3) is 0 Å². The van der Waals surface area contributed by atoms with Gasteiger partial charge in [0.25, 0.3) is 5.91 Å². The second kappa shape index (κ2) is 8.95. The molecule has 3 rings (SSSR count).